The van der Waals surface area contributed by atoms with Crippen molar-refractivity contribution in [2.75, 3.05) is 6.54 Å². The number of benzene rings is 1. The largest absolute Gasteiger partial charge is 0.368 e. The third-order valence-electron chi connectivity index (χ3n) is 4.33. The van der Waals surface area contributed by atoms with E-state index in [4.69, 9.17) is 5.73 Å². The third-order valence-corrected chi connectivity index (χ3v) is 5.23. The summed E-state index contributed by atoms with van der Waals surface area (Å²) in [6.07, 6.45) is 5.10. The summed E-state index contributed by atoms with van der Waals surface area (Å²) in [6, 6.07) is 5.92. The van der Waals surface area contributed by atoms with Crippen molar-refractivity contribution < 1.29 is 14.4 Å². The fraction of sp³-hybridized carbons (Fsp3) is 0.316. The lowest BCUT2D eigenvalue weighted by Gasteiger charge is -2.09. The smallest absolute Gasteiger partial charge is 0.293 e. The molecule has 6 nitrogen and oxygen atoms in total. The Kier molecular flexibility index (Phi) is 5.18. The van der Waals surface area contributed by atoms with Crippen LogP contribution in [0.4, 0.5) is 4.79 Å². The Bertz CT molecular complexity index is 929. The second-order valence-electron chi connectivity index (χ2n) is 6.18. The summed E-state index contributed by atoms with van der Waals surface area (Å²) in [5.74, 6) is -0.688. The quantitative estimate of drug-likeness (QED) is 0.791. The van der Waals surface area contributed by atoms with Crippen LogP contribution in [0.1, 0.15) is 31.4 Å². The Labute approximate surface area is 156 Å². The lowest BCUT2D eigenvalue weighted by atomic mass is 10.1. The van der Waals surface area contributed by atoms with Crippen LogP contribution in [-0.2, 0) is 22.6 Å². The molecule has 26 heavy (non-hydrogen) atoms. The number of amides is 3. The van der Waals surface area contributed by atoms with E-state index in [1.807, 2.05) is 42.8 Å². The standard InChI is InChI=1S/C19H21N3O3S/c1-3-8-22-18(24)15(26-19(22)25)9-13-10-21(11-16(20)23)17-12(4-2)6-5-7-14(13)17/h5-7,9-10H,3-4,8,11H2,1-2H3,(H2,20,23)/b15-9-. The molecule has 0 unspecified atom stereocenters. The Morgan fingerprint density at radius 3 is 2.69 bits per heavy atom. The van der Waals surface area contributed by atoms with Crippen LogP contribution in [-0.4, -0.2) is 33.1 Å². The molecule has 3 rings (SSSR count). The number of primary amides is 1. The Morgan fingerprint density at radius 1 is 1.27 bits per heavy atom. The minimum Gasteiger partial charge on any atom is -0.368 e. The average molecular weight is 371 g/mol. The zero-order valence-corrected chi connectivity index (χ0v) is 15.6. The zero-order chi connectivity index (χ0) is 18.8. The van der Waals surface area contributed by atoms with Crippen molar-refractivity contribution >= 4 is 45.8 Å². The second-order valence-corrected chi connectivity index (χ2v) is 7.17. The SMILES string of the molecule is CCCN1C(=O)S/C(=C\c2cn(CC(N)=O)c3c(CC)cccc23)C1=O. The number of thioether (sulfide) groups is 1. The van der Waals surface area contributed by atoms with Gasteiger partial charge in [-0.05, 0) is 36.2 Å². The molecule has 0 aliphatic carbocycles. The summed E-state index contributed by atoms with van der Waals surface area (Å²) in [5, 5.41) is 0.700. The van der Waals surface area contributed by atoms with Gasteiger partial charge in [0.25, 0.3) is 11.1 Å². The van der Waals surface area contributed by atoms with Crippen molar-refractivity contribution in [3.05, 3.63) is 40.4 Å². The molecule has 0 radical (unpaired) electrons. The van der Waals surface area contributed by atoms with Crippen molar-refractivity contribution in [2.45, 2.75) is 33.2 Å². The van der Waals surface area contributed by atoms with E-state index in [2.05, 4.69) is 0 Å². The van der Waals surface area contributed by atoms with Gasteiger partial charge in [0.1, 0.15) is 6.54 Å². The molecular formula is C19H21N3O3S. The van der Waals surface area contributed by atoms with Crippen LogP contribution in [0.5, 0.6) is 0 Å². The number of hydrogen-bond acceptors (Lipinski definition) is 4. The number of para-hydroxylation sites is 1. The molecule has 7 heteroatoms. The van der Waals surface area contributed by atoms with E-state index in [1.54, 1.807) is 6.08 Å². The molecule has 0 saturated carbocycles. The van der Waals surface area contributed by atoms with Crippen LogP contribution in [0, 0.1) is 0 Å². The summed E-state index contributed by atoms with van der Waals surface area (Å²) in [7, 11) is 0. The number of nitrogens with two attached hydrogens (primary N) is 1. The van der Waals surface area contributed by atoms with E-state index in [9.17, 15) is 14.4 Å². The highest BCUT2D eigenvalue weighted by atomic mass is 32.2. The van der Waals surface area contributed by atoms with Crippen LogP contribution in [0.2, 0.25) is 0 Å². The molecule has 1 aliphatic rings. The number of carbonyl (C=O) groups excluding carboxylic acids is 3. The fourth-order valence-corrected chi connectivity index (χ4v) is 4.07. The van der Waals surface area contributed by atoms with E-state index in [0.717, 1.165) is 46.6 Å². The Hall–Kier alpha value is -2.54. The molecule has 2 heterocycles. The summed E-state index contributed by atoms with van der Waals surface area (Å²) >= 11 is 0.956. The van der Waals surface area contributed by atoms with Crippen LogP contribution < -0.4 is 5.73 Å². The van der Waals surface area contributed by atoms with E-state index in [0.29, 0.717) is 11.4 Å². The van der Waals surface area contributed by atoms with Crippen molar-refractivity contribution in [3.63, 3.8) is 0 Å². The van der Waals surface area contributed by atoms with Crippen molar-refractivity contribution in [1.82, 2.24) is 9.47 Å². The topological polar surface area (TPSA) is 85.4 Å². The monoisotopic (exact) mass is 371 g/mol. The Balaban J connectivity index is 2.10. The minimum atomic E-state index is -0.428. The van der Waals surface area contributed by atoms with Gasteiger partial charge in [0.05, 0.1) is 10.4 Å². The highest BCUT2D eigenvalue weighted by Crippen LogP contribution is 2.34. The number of rotatable bonds is 6. The number of fused-ring (bicyclic) bond motifs is 1. The summed E-state index contributed by atoms with van der Waals surface area (Å²) in [6.45, 7) is 4.47. The lowest BCUT2D eigenvalue weighted by Crippen LogP contribution is -2.28. The summed E-state index contributed by atoms with van der Waals surface area (Å²) in [5.41, 5.74) is 8.23. The molecule has 1 aromatic heterocycles. The molecule has 2 N–H and O–H groups in total. The summed E-state index contributed by atoms with van der Waals surface area (Å²) in [4.78, 5) is 37.7. The molecule has 136 valence electrons. The first-order valence-electron chi connectivity index (χ1n) is 8.60. The molecule has 1 fully saturated rings. The highest BCUT2D eigenvalue weighted by Gasteiger charge is 2.34. The third kappa shape index (κ3) is 3.26. The average Bonchev–Trinajstić information content (AvgIpc) is 3.07. The number of imide groups is 1. The molecule has 3 amide bonds. The Morgan fingerprint density at radius 2 is 2.04 bits per heavy atom. The lowest BCUT2D eigenvalue weighted by molar-refractivity contribution is -0.122. The van der Waals surface area contributed by atoms with Crippen molar-refractivity contribution in [1.29, 1.82) is 0 Å². The van der Waals surface area contributed by atoms with Gasteiger partial charge in [-0.2, -0.15) is 0 Å². The molecule has 2 aromatic rings. The van der Waals surface area contributed by atoms with Gasteiger partial charge in [-0.15, -0.1) is 0 Å². The van der Waals surface area contributed by atoms with Crippen LogP contribution in [0.15, 0.2) is 29.3 Å². The van der Waals surface area contributed by atoms with E-state index >= 15 is 0 Å². The van der Waals surface area contributed by atoms with Gasteiger partial charge in [-0.3, -0.25) is 19.3 Å². The maximum Gasteiger partial charge on any atom is 0.293 e. The van der Waals surface area contributed by atoms with Crippen molar-refractivity contribution in [2.24, 2.45) is 5.73 Å². The van der Waals surface area contributed by atoms with Crippen LogP contribution in [0.25, 0.3) is 17.0 Å². The molecular weight excluding hydrogens is 350 g/mol. The first-order valence-corrected chi connectivity index (χ1v) is 9.42. The van der Waals surface area contributed by atoms with Gasteiger partial charge in [-0.1, -0.05) is 32.0 Å². The van der Waals surface area contributed by atoms with Crippen LogP contribution in [0.3, 0.4) is 0 Å². The van der Waals surface area contributed by atoms with Gasteiger partial charge in [0.2, 0.25) is 5.91 Å². The second kappa shape index (κ2) is 7.37. The number of carbonyl (C=O) groups is 3. The van der Waals surface area contributed by atoms with E-state index < -0.39 is 5.91 Å². The normalized spacial score (nSPS) is 16.2. The van der Waals surface area contributed by atoms with Crippen molar-refractivity contribution in [3.8, 4) is 0 Å². The molecule has 1 aromatic carbocycles. The van der Waals surface area contributed by atoms with Gasteiger partial charge < -0.3 is 10.3 Å². The van der Waals surface area contributed by atoms with Gasteiger partial charge in [0, 0.05) is 23.7 Å². The first kappa shape index (κ1) is 18.3. The highest BCUT2D eigenvalue weighted by molar-refractivity contribution is 8.18. The predicted octanol–water partition coefficient (Wildman–Crippen LogP) is 3.14. The minimum absolute atomic E-state index is 0.0681. The number of nitrogens with zero attached hydrogens (tertiary/aromatic N) is 2. The fourth-order valence-electron chi connectivity index (χ4n) is 3.22. The van der Waals surface area contributed by atoms with Gasteiger partial charge >= 0.3 is 0 Å². The number of hydrogen-bond donors (Lipinski definition) is 1. The van der Waals surface area contributed by atoms with E-state index in [1.165, 1.54) is 4.90 Å². The van der Waals surface area contributed by atoms with Crippen LogP contribution >= 0.6 is 11.8 Å². The van der Waals surface area contributed by atoms with E-state index in [-0.39, 0.29) is 17.7 Å². The van der Waals surface area contributed by atoms with Gasteiger partial charge in [-0.25, -0.2) is 0 Å². The molecule has 0 spiro atoms. The number of aryl methyl sites for hydroxylation is 1. The number of aromatic nitrogens is 1. The first-order chi connectivity index (χ1) is 12.5. The maximum absolute atomic E-state index is 12.5. The zero-order valence-electron chi connectivity index (χ0n) is 14.8. The predicted molar refractivity (Wildman–Crippen MR) is 103 cm³/mol. The maximum atomic E-state index is 12.5. The molecule has 0 atom stereocenters. The summed E-state index contributed by atoms with van der Waals surface area (Å²) < 4.78 is 1.82. The molecule has 0 bridgehead atoms. The van der Waals surface area contributed by atoms with Gasteiger partial charge in [0.15, 0.2) is 0 Å². The molecule has 1 saturated heterocycles. The molecule has 1 aliphatic heterocycles.